The molecule has 1 aliphatic rings. The van der Waals surface area contributed by atoms with Crippen LogP contribution in [0.1, 0.15) is 24.8 Å². The highest BCUT2D eigenvalue weighted by Gasteiger charge is 2.13. The zero-order chi connectivity index (χ0) is 11.2. The third-order valence-electron chi connectivity index (χ3n) is 2.73. The first kappa shape index (κ1) is 11.4. The van der Waals surface area contributed by atoms with Crippen LogP contribution in [-0.4, -0.2) is 20.0 Å². The van der Waals surface area contributed by atoms with E-state index in [9.17, 15) is 0 Å². The van der Waals surface area contributed by atoms with Crippen LogP contribution < -0.4 is 4.74 Å². The molecule has 1 unspecified atom stereocenters. The van der Waals surface area contributed by atoms with E-state index in [-0.39, 0.29) is 6.29 Å². The van der Waals surface area contributed by atoms with Gasteiger partial charge in [-0.25, -0.2) is 0 Å². The van der Waals surface area contributed by atoms with Gasteiger partial charge in [0.05, 0.1) is 13.7 Å². The molecule has 16 heavy (non-hydrogen) atoms. The second kappa shape index (κ2) is 5.87. The molecule has 3 heteroatoms. The summed E-state index contributed by atoms with van der Waals surface area (Å²) in [6, 6.07) is 7.92. The minimum atomic E-state index is -0.0177. The van der Waals surface area contributed by atoms with E-state index < -0.39 is 0 Å². The fraction of sp³-hybridized carbons (Fsp3) is 0.538. The first-order valence-corrected chi connectivity index (χ1v) is 5.74. The summed E-state index contributed by atoms with van der Waals surface area (Å²) in [6.07, 6.45) is 3.35. The third-order valence-corrected chi connectivity index (χ3v) is 2.73. The fourth-order valence-electron chi connectivity index (χ4n) is 1.75. The maximum atomic E-state index is 5.68. The van der Waals surface area contributed by atoms with Gasteiger partial charge in [-0.15, -0.1) is 0 Å². The monoisotopic (exact) mass is 222 g/mol. The molecule has 0 N–H and O–H groups in total. The Hall–Kier alpha value is -1.06. The van der Waals surface area contributed by atoms with Gasteiger partial charge < -0.3 is 14.2 Å². The van der Waals surface area contributed by atoms with Crippen molar-refractivity contribution in [3.05, 3.63) is 29.8 Å². The molecule has 88 valence electrons. The Labute approximate surface area is 96.3 Å². The molecule has 1 aliphatic heterocycles. The summed E-state index contributed by atoms with van der Waals surface area (Å²) in [5.74, 6) is 0.873. The van der Waals surface area contributed by atoms with Crippen LogP contribution in [0.4, 0.5) is 0 Å². The minimum absolute atomic E-state index is 0.0177. The van der Waals surface area contributed by atoms with Crippen LogP contribution in [0.25, 0.3) is 0 Å². The lowest BCUT2D eigenvalue weighted by Crippen LogP contribution is -2.21. The third kappa shape index (κ3) is 3.22. The molecule has 1 atom stereocenters. The Balaban J connectivity index is 1.79. The molecule has 1 saturated heterocycles. The van der Waals surface area contributed by atoms with Crippen LogP contribution in [0.15, 0.2) is 24.3 Å². The zero-order valence-corrected chi connectivity index (χ0v) is 9.65. The topological polar surface area (TPSA) is 27.7 Å². The highest BCUT2D eigenvalue weighted by molar-refractivity contribution is 5.26. The first-order valence-electron chi connectivity index (χ1n) is 5.74. The number of ether oxygens (including phenoxy) is 3. The SMILES string of the molecule is COc1ccc(COC2CCCCO2)cc1. The van der Waals surface area contributed by atoms with Crippen molar-refractivity contribution in [2.45, 2.75) is 32.2 Å². The predicted octanol–water partition coefficient (Wildman–Crippen LogP) is 2.74. The van der Waals surface area contributed by atoms with E-state index in [2.05, 4.69) is 0 Å². The van der Waals surface area contributed by atoms with Crippen molar-refractivity contribution >= 4 is 0 Å². The molecule has 0 spiro atoms. The second-order valence-electron chi connectivity index (χ2n) is 3.96. The molecule has 0 radical (unpaired) electrons. The summed E-state index contributed by atoms with van der Waals surface area (Å²) in [5, 5.41) is 0. The molecule has 0 saturated carbocycles. The number of hydrogen-bond donors (Lipinski definition) is 0. The smallest absolute Gasteiger partial charge is 0.158 e. The van der Waals surface area contributed by atoms with E-state index in [1.165, 1.54) is 6.42 Å². The van der Waals surface area contributed by atoms with E-state index in [4.69, 9.17) is 14.2 Å². The highest BCUT2D eigenvalue weighted by Crippen LogP contribution is 2.17. The van der Waals surface area contributed by atoms with Crippen LogP contribution in [0, 0.1) is 0 Å². The van der Waals surface area contributed by atoms with Crippen LogP contribution in [0.5, 0.6) is 5.75 Å². The number of hydrogen-bond acceptors (Lipinski definition) is 3. The van der Waals surface area contributed by atoms with Crippen molar-refractivity contribution in [2.24, 2.45) is 0 Å². The fourth-order valence-corrected chi connectivity index (χ4v) is 1.75. The molecule has 1 fully saturated rings. The highest BCUT2D eigenvalue weighted by atomic mass is 16.7. The van der Waals surface area contributed by atoms with Crippen LogP contribution in [-0.2, 0) is 16.1 Å². The maximum absolute atomic E-state index is 5.68. The predicted molar refractivity (Wildman–Crippen MR) is 61.4 cm³/mol. The molecular weight excluding hydrogens is 204 g/mol. The Kier molecular flexibility index (Phi) is 4.19. The summed E-state index contributed by atoms with van der Waals surface area (Å²) in [5.41, 5.74) is 1.15. The van der Waals surface area contributed by atoms with Crippen molar-refractivity contribution < 1.29 is 14.2 Å². The van der Waals surface area contributed by atoms with Crippen molar-refractivity contribution in [2.75, 3.05) is 13.7 Å². The van der Waals surface area contributed by atoms with Gasteiger partial charge in [-0.05, 0) is 37.0 Å². The van der Waals surface area contributed by atoms with Gasteiger partial charge in [-0.3, -0.25) is 0 Å². The lowest BCUT2D eigenvalue weighted by atomic mass is 10.2. The van der Waals surface area contributed by atoms with Crippen molar-refractivity contribution in [1.29, 1.82) is 0 Å². The Bertz CT molecular complexity index is 301. The average molecular weight is 222 g/mol. The molecule has 1 aromatic rings. The molecule has 0 aliphatic carbocycles. The average Bonchev–Trinajstić information content (AvgIpc) is 2.38. The largest absolute Gasteiger partial charge is 0.497 e. The van der Waals surface area contributed by atoms with Crippen molar-refractivity contribution in [3.63, 3.8) is 0 Å². The van der Waals surface area contributed by atoms with Crippen LogP contribution in [0.3, 0.4) is 0 Å². The number of rotatable bonds is 4. The quantitative estimate of drug-likeness (QED) is 0.784. The van der Waals surface area contributed by atoms with Crippen LogP contribution >= 0.6 is 0 Å². The number of methoxy groups -OCH3 is 1. The first-order chi connectivity index (χ1) is 7.88. The summed E-state index contributed by atoms with van der Waals surface area (Å²) in [6.45, 7) is 1.43. The zero-order valence-electron chi connectivity index (χ0n) is 9.65. The summed E-state index contributed by atoms with van der Waals surface area (Å²) in [7, 11) is 1.67. The summed E-state index contributed by atoms with van der Waals surface area (Å²) in [4.78, 5) is 0. The van der Waals surface area contributed by atoms with Crippen molar-refractivity contribution in [1.82, 2.24) is 0 Å². The normalized spacial score (nSPS) is 20.7. The molecule has 0 bridgehead atoms. The molecule has 0 aromatic heterocycles. The van der Waals surface area contributed by atoms with E-state index in [1.54, 1.807) is 7.11 Å². The van der Waals surface area contributed by atoms with Gasteiger partial charge in [0.25, 0.3) is 0 Å². The van der Waals surface area contributed by atoms with E-state index >= 15 is 0 Å². The van der Waals surface area contributed by atoms with E-state index in [0.717, 1.165) is 30.8 Å². The summed E-state index contributed by atoms with van der Waals surface area (Å²) < 4.78 is 16.3. The summed E-state index contributed by atoms with van der Waals surface area (Å²) >= 11 is 0. The van der Waals surface area contributed by atoms with Gasteiger partial charge in [-0.1, -0.05) is 12.1 Å². The molecular formula is C13H18O3. The standard InChI is InChI=1S/C13H18O3/c1-14-12-7-5-11(6-8-12)10-16-13-4-2-3-9-15-13/h5-8,13H,2-4,9-10H2,1H3. The van der Waals surface area contributed by atoms with Gasteiger partial charge in [0.2, 0.25) is 0 Å². The second-order valence-corrected chi connectivity index (χ2v) is 3.96. The molecule has 3 nitrogen and oxygen atoms in total. The van der Waals surface area contributed by atoms with Gasteiger partial charge >= 0.3 is 0 Å². The Morgan fingerprint density at radius 2 is 2.06 bits per heavy atom. The maximum Gasteiger partial charge on any atom is 0.158 e. The number of benzene rings is 1. The van der Waals surface area contributed by atoms with Crippen molar-refractivity contribution in [3.8, 4) is 5.75 Å². The Morgan fingerprint density at radius 1 is 1.25 bits per heavy atom. The van der Waals surface area contributed by atoms with E-state index in [1.807, 2.05) is 24.3 Å². The van der Waals surface area contributed by atoms with Gasteiger partial charge in [0, 0.05) is 6.61 Å². The minimum Gasteiger partial charge on any atom is -0.497 e. The molecule has 0 amide bonds. The van der Waals surface area contributed by atoms with Gasteiger partial charge in [0.15, 0.2) is 6.29 Å². The lowest BCUT2D eigenvalue weighted by Gasteiger charge is -2.22. The molecule has 2 rings (SSSR count). The molecule has 1 heterocycles. The van der Waals surface area contributed by atoms with Gasteiger partial charge in [0.1, 0.15) is 5.75 Å². The lowest BCUT2D eigenvalue weighted by molar-refractivity contribution is -0.168. The van der Waals surface area contributed by atoms with E-state index in [0.29, 0.717) is 6.61 Å². The van der Waals surface area contributed by atoms with Crippen LogP contribution in [0.2, 0.25) is 0 Å². The molecule has 1 aromatic carbocycles. The Morgan fingerprint density at radius 3 is 2.69 bits per heavy atom. The van der Waals surface area contributed by atoms with Gasteiger partial charge in [-0.2, -0.15) is 0 Å².